The normalized spacial score (nSPS) is 11.6. The quantitative estimate of drug-likeness (QED) is 0.918. The highest BCUT2D eigenvalue weighted by Crippen LogP contribution is 2.20. The zero-order chi connectivity index (χ0) is 11.6. The largest absolute Gasteiger partial charge is 0.389 e. The molecule has 1 aromatic rings. The van der Waals surface area contributed by atoms with E-state index in [4.69, 9.17) is 0 Å². The van der Waals surface area contributed by atoms with Crippen LogP contribution in [0, 0.1) is 6.92 Å². The van der Waals surface area contributed by atoms with Crippen LogP contribution in [0.3, 0.4) is 0 Å². The Labute approximate surface area is 99.3 Å². The molecule has 0 aliphatic carbocycles. The number of hydrogen-bond donors (Lipinski definition) is 1. The number of rotatable bonds is 3. The van der Waals surface area contributed by atoms with Gasteiger partial charge in [0.15, 0.2) is 0 Å². The second-order valence-electron chi connectivity index (χ2n) is 4.46. The van der Waals surface area contributed by atoms with E-state index in [0.717, 1.165) is 15.9 Å². The summed E-state index contributed by atoms with van der Waals surface area (Å²) in [4.78, 5) is 6.29. The van der Waals surface area contributed by atoms with Crippen molar-refractivity contribution in [2.24, 2.45) is 0 Å². The van der Waals surface area contributed by atoms with Gasteiger partial charge >= 0.3 is 0 Å². The summed E-state index contributed by atoms with van der Waals surface area (Å²) in [6.45, 7) is 6.14. The van der Waals surface area contributed by atoms with Crippen molar-refractivity contribution >= 4 is 21.7 Å². The Morgan fingerprint density at radius 2 is 2.13 bits per heavy atom. The predicted octanol–water partition coefficient (Wildman–Crippen LogP) is 2.36. The minimum Gasteiger partial charge on any atom is -0.389 e. The van der Waals surface area contributed by atoms with E-state index in [-0.39, 0.29) is 0 Å². The molecule has 0 fully saturated rings. The highest BCUT2D eigenvalue weighted by atomic mass is 79.9. The molecule has 0 spiro atoms. The topological polar surface area (TPSA) is 36.4 Å². The zero-order valence-electron chi connectivity index (χ0n) is 9.58. The van der Waals surface area contributed by atoms with Crippen molar-refractivity contribution in [3.63, 3.8) is 0 Å². The second kappa shape index (κ2) is 4.49. The smallest absolute Gasteiger partial charge is 0.131 e. The fraction of sp³-hybridized carbons (Fsp3) is 0.545. The van der Waals surface area contributed by atoms with Crippen LogP contribution in [0.2, 0.25) is 0 Å². The number of aryl methyl sites for hydroxylation is 1. The van der Waals surface area contributed by atoms with Crippen LogP contribution < -0.4 is 4.90 Å². The third kappa shape index (κ3) is 3.80. The first-order valence-corrected chi connectivity index (χ1v) is 5.64. The molecule has 3 nitrogen and oxygen atoms in total. The molecule has 0 saturated carbocycles. The second-order valence-corrected chi connectivity index (χ2v) is 5.38. The van der Waals surface area contributed by atoms with Crippen molar-refractivity contribution in [3.8, 4) is 0 Å². The molecule has 0 aliphatic heterocycles. The fourth-order valence-electron chi connectivity index (χ4n) is 1.59. The number of likely N-dealkylation sites (N-methyl/N-ethyl adjacent to an activating group) is 1. The van der Waals surface area contributed by atoms with E-state index in [1.807, 2.05) is 24.9 Å². The number of hydrogen-bond acceptors (Lipinski definition) is 3. The standard InChI is InChI=1S/C11H17BrN2O/c1-8-5-9(12)6-13-10(8)14(4)7-11(2,3)15/h5-6,15H,7H2,1-4H3. The number of halogens is 1. The predicted molar refractivity (Wildman–Crippen MR) is 66.2 cm³/mol. The van der Waals surface area contributed by atoms with Crippen LogP contribution >= 0.6 is 15.9 Å². The first kappa shape index (κ1) is 12.5. The monoisotopic (exact) mass is 272 g/mol. The first-order chi connectivity index (χ1) is 6.79. The Morgan fingerprint density at radius 1 is 1.53 bits per heavy atom. The van der Waals surface area contributed by atoms with E-state index in [0.29, 0.717) is 6.54 Å². The molecule has 0 aliphatic rings. The minimum atomic E-state index is -0.712. The Balaban J connectivity index is 2.87. The Morgan fingerprint density at radius 3 is 2.60 bits per heavy atom. The fourth-order valence-corrected chi connectivity index (χ4v) is 2.03. The van der Waals surface area contributed by atoms with E-state index in [1.165, 1.54) is 0 Å². The van der Waals surface area contributed by atoms with Crippen molar-refractivity contribution in [2.75, 3.05) is 18.5 Å². The molecule has 0 aromatic carbocycles. The van der Waals surface area contributed by atoms with Crippen molar-refractivity contribution in [1.29, 1.82) is 0 Å². The molecule has 1 rings (SSSR count). The Bertz CT molecular complexity index is 347. The molecule has 0 bridgehead atoms. The zero-order valence-corrected chi connectivity index (χ0v) is 11.2. The molecule has 0 atom stereocenters. The van der Waals surface area contributed by atoms with Crippen LogP contribution in [0.25, 0.3) is 0 Å². The molecule has 1 N–H and O–H groups in total. The van der Waals surface area contributed by atoms with Gasteiger partial charge in [-0.1, -0.05) is 0 Å². The molecular formula is C11H17BrN2O. The van der Waals surface area contributed by atoms with E-state index in [2.05, 4.69) is 20.9 Å². The summed E-state index contributed by atoms with van der Waals surface area (Å²) in [6, 6.07) is 2.02. The van der Waals surface area contributed by atoms with Crippen LogP contribution in [0.15, 0.2) is 16.7 Å². The Hall–Kier alpha value is -0.610. The SMILES string of the molecule is Cc1cc(Br)cnc1N(C)CC(C)(C)O. The lowest BCUT2D eigenvalue weighted by Crippen LogP contribution is -2.36. The minimum absolute atomic E-state index is 0.558. The van der Waals surface area contributed by atoms with Crippen molar-refractivity contribution < 1.29 is 5.11 Å². The van der Waals surface area contributed by atoms with Gasteiger partial charge in [0.1, 0.15) is 5.82 Å². The highest BCUT2D eigenvalue weighted by molar-refractivity contribution is 9.10. The van der Waals surface area contributed by atoms with E-state index in [1.54, 1.807) is 20.0 Å². The summed E-state index contributed by atoms with van der Waals surface area (Å²) in [7, 11) is 1.93. The van der Waals surface area contributed by atoms with Crippen molar-refractivity contribution in [1.82, 2.24) is 4.98 Å². The summed E-state index contributed by atoms with van der Waals surface area (Å²) >= 11 is 3.38. The molecule has 0 amide bonds. The third-order valence-electron chi connectivity index (χ3n) is 2.00. The van der Waals surface area contributed by atoms with Crippen molar-refractivity contribution in [3.05, 3.63) is 22.3 Å². The van der Waals surface area contributed by atoms with Crippen LogP contribution in [0.1, 0.15) is 19.4 Å². The summed E-state index contributed by atoms with van der Waals surface area (Å²) in [5.74, 6) is 0.903. The van der Waals surface area contributed by atoms with E-state index in [9.17, 15) is 5.11 Å². The number of pyridine rings is 1. The van der Waals surface area contributed by atoms with Gasteiger partial charge in [0.25, 0.3) is 0 Å². The summed E-state index contributed by atoms with van der Waals surface area (Å²) in [5, 5.41) is 9.72. The van der Waals surface area contributed by atoms with E-state index >= 15 is 0 Å². The average Bonchev–Trinajstić information content (AvgIpc) is 1.99. The van der Waals surface area contributed by atoms with E-state index < -0.39 is 5.60 Å². The summed E-state index contributed by atoms with van der Waals surface area (Å²) < 4.78 is 0.973. The Kier molecular flexibility index (Phi) is 3.73. The van der Waals surface area contributed by atoms with Gasteiger partial charge in [0.05, 0.1) is 5.60 Å². The van der Waals surface area contributed by atoms with Gasteiger partial charge in [0, 0.05) is 24.3 Å². The van der Waals surface area contributed by atoms with Gasteiger partial charge in [0.2, 0.25) is 0 Å². The number of aliphatic hydroxyl groups is 1. The molecule has 0 saturated heterocycles. The van der Waals surface area contributed by atoms with Gasteiger partial charge in [-0.05, 0) is 48.3 Å². The lowest BCUT2D eigenvalue weighted by molar-refractivity contribution is 0.0884. The number of anilines is 1. The summed E-state index contributed by atoms with van der Waals surface area (Å²) in [6.07, 6.45) is 1.77. The molecule has 15 heavy (non-hydrogen) atoms. The molecule has 84 valence electrons. The molecule has 1 heterocycles. The van der Waals surface area contributed by atoms with Gasteiger partial charge in [-0.3, -0.25) is 0 Å². The van der Waals surface area contributed by atoms with Gasteiger partial charge in [-0.15, -0.1) is 0 Å². The molecule has 1 aromatic heterocycles. The third-order valence-corrected chi connectivity index (χ3v) is 2.44. The lowest BCUT2D eigenvalue weighted by atomic mass is 10.1. The van der Waals surface area contributed by atoms with Gasteiger partial charge in [-0.25, -0.2) is 4.98 Å². The number of aromatic nitrogens is 1. The highest BCUT2D eigenvalue weighted by Gasteiger charge is 2.17. The number of nitrogens with zero attached hydrogens (tertiary/aromatic N) is 2. The molecule has 0 radical (unpaired) electrons. The summed E-state index contributed by atoms with van der Waals surface area (Å²) in [5.41, 5.74) is 0.381. The molecule has 4 heteroatoms. The first-order valence-electron chi connectivity index (χ1n) is 4.85. The lowest BCUT2D eigenvalue weighted by Gasteiger charge is -2.27. The van der Waals surface area contributed by atoms with Crippen LogP contribution in [0.5, 0.6) is 0 Å². The van der Waals surface area contributed by atoms with Crippen LogP contribution in [-0.2, 0) is 0 Å². The van der Waals surface area contributed by atoms with Gasteiger partial charge < -0.3 is 10.0 Å². The van der Waals surface area contributed by atoms with Gasteiger partial charge in [-0.2, -0.15) is 0 Å². The molecular weight excluding hydrogens is 256 g/mol. The van der Waals surface area contributed by atoms with Crippen LogP contribution in [-0.4, -0.2) is 29.3 Å². The average molecular weight is 273 g/mol. The van der Waals surface area contributed by atoms with Crippen molar-refractivity contribution in [2.45, 2.75) is 26.4 Å². The maximum Gasteiger partial charge on any atom is 0.131 e. The maximum absolute atomic E-state index is 9.72. The maximum atomic E-state index is 9.72. The molecule has 0 unspecified atom stereocenters. The van der Waals surface area contributed by atoms with Crippen LogP contribution in [0.4, 0.5) is 5.82 Å².